The van der Waals surface area contributed by atoms with Crippen LogP contribution in [0.2, 0.25) is 0 Å². The Hall–Kier alpha value is -4.35. The first-order valence-corrected chi connectivity index (χ1v) is 9.52. The molecule has 0 saturated carbocycles. The van der Waals surface area contributed by atoms with Crippen LogP contribution in [-0.4, -0.2) is 39.4 Å². The molecule has 0 atom stereocenters. The minimum absolute atomic E-state index is 0.0209. The summed E-state index contributed by atoms with van der Waals surface area (Å²) in [4.78, 5) is 20.7. The third-order valence-corrected chi connectivity index (χ3v) is 4.82. The Morgan fingerprint density at radius 2 is 1.82 bits per heavy atom. The van der Waals surface area contributed by atoms with Crippen LogP contribution in [0.1, 0.15) is 16.3 Å². The number of methoxy groups -OCH3 is 1. The number of nitrogens with one attached hydrogen (secondary N) is 1. The first-order chi connectivity index (χ1) is 15.8. The van der Waals surface area contributed by atoms with Gasteiger partial charge in [0.05, 0.1) is 12.8 Å². The third-order valence-electron chi connectivity index (χ3n) is 4.82. The van der Waals surface area contributed by atoms with Gasteiger partial charge in [-0.1, -0.05) is 0 Å². The van der Waals surface area contributed by atoms with Crippen molar-refractivity contribution in [2.75, 3.05) is 19.2 Å². The zero-order valence-electron chi connectivity index (χ0n) is 16.9. The number of halogens is 3. The van der Waals surface area contributed by atoms with Gasteiger partial charge in [-0.3, -0.25) is 4.79 Å². The Bertz CT molecular complexity index is 1370. The van der Waals surface area contributed by atoms with Crippen molar-refractivity contribution >= 4 is 17.4 Å². The summed E-state index contributed by atoms with van der Waals surface area (Å²) in [5, 5.41) is 6.28. The highest BCUT2D eigenvalue weighted by Crippen LogP contribution is 2.35. The molecule has 2 aromatic heterocycles. The van der Waals surface area contributed by atoms with E-state index in [0.717, 1.165) is 6.07 Å². The van der Waals surface area contributed by atoms with Gasteiger partial charge in [-0.15, -0.1) is 5.10 Å². The van der Waals surface area contributed by atoms with Gasteiger partial charge in [0.25, 0.3) is 11.7 Å². The van der Waals surface area contributed by atoms with Crippen LogP contribution >= 0.6 is 0 Å². The van der Waals surface area contributed by atoms with Gasteiger partial charge in [-0.25, -0.2) is 4.98 Å². The largest absolute Gasteiger partial charge is 0.497 e. The molecule has 5 rings (SSSR count). The fourth-order valence-corrected chi connectivity index (χ4v) is 3.24. The van der Waals surface area contributed by atoms with E-state index in [-0.39, 0.29) is 18.3 Å². The summed E-state index contributed by atoms with van der Waals surface area (Å²) in [7, 11) is 1.48. The minimum Gasteiger partial charge on any atom is -0.497 e. The molecule has 1 aliphatic rings. The van der Waals surface area contributed by atoms with E-state index in [1.165, 1.54) is 13.2 Å². The predicted molar refractivity (Wildman–Crippen MR) is 108 cm³/mol. The topological polar surface area (TPSA) is 99.9 Å². The molecular weight excluding hydrogens is 443 g/mol. The van der Waals surface area contributed by atoms with Gasteiger partial charge in [0.1, 0.15) is 5.75 Å². The van der Waals surface area contributed by atoms with E-state index in [9.17, 15) is 18.0 Å². The Morgan fingerprint density at radius 1 is 1.06 bits per heavy atom. The standard InChI is InChI=1S/C21H14F3N5O4/c1-31-13-5-2-11(3-6-13)14-9-17(21(22,23)24)29-20(26-14)27-18(28-29)19(30)25-12-4-7-15-16(8-12)33-10-32-15/h2-9H,10H2,1H3,(H,25,30). The summed E-state index contributed by atoms with van der Waals surface area (Å²) in [5.74, 6) is -0.159. The van der Waals surface area contributed by atoms with E-state index in [1.54, 1.807) is 36.4 Å². The molecule has 0 fully saturated rings. The van der Waals surface area contributed by atoms with E-state index in [0.29, 0.717) is 33.0 Å². The van der Waals surface area contributed by atoms with Crippen LogP contribution < -0.4 is 19.5 Å². The van der Waals surface area contributed by atoms with Crippen LogP contribution in [0.3, 0.4) is 0 Å². The highest BCUT2D eigenvalue weighted by Gasteiger charge is 2.36. The van der Waals surface area contributed by atoms with Gasteiger partial charge >= 0.3 is 6.18 Å². The summed E-state index contributed by atoms with van der Waals surface area (Å²) in [5.41, 5.74) is -0.343. The Kier molecular flexibility index (Phi) is 4.77. The lowest BCUT2D eigenvalue weighted by Crippen LogP contribution is -2.16. The molecule has 0 unspecified atom stereocenters. The maximum atomic E-state index is 13.8. The number of hydrogen-bond acceptors (Lipinski definition) is 7. The van der Waals surface area contributed by atoms with Crippen LogP contribution in [-0.2, 0) is 6.18 Å². The smallest absolute Gasteiger partial charge is 0.433 e. The number of carbonyl (C=O) groups is 1. The van der Waals surface area contributed by atoms with Gasteiger partial charge in [0, 0.05) is 17.3 Å². The second-order valence-electron chi connectivity index (χ2n) is 6.92. The number of carbonyl (C=O) groups excluding carboxylic acids is 1. The monoisotopic (exact) mass is 457 g/mol. The average Bonchev–Trinajstić information content (AvgIpc) is 3.44. The zero-order valence-corrected chi connectivity index (χ0v) is 16.9. The molecule has 0 aliphatic carbocycles. The Labute approximate surface area is 183 Å². The molecule has 12 heteroatoms. The lowest BCUT2D eigenvalue weighted by Gasteiger charge is -2.10. The number of ether oxygens (including phenoxy) is 3. The summed E-state index contributed by atoms with van der Waals surface area (Å²) in [6.07, 6.45) is -4.76. The normalized spacial score (nSPS) is 12.7. The zero-order chi connectivity index (χ0) is 23.2. The summed E-state index contributed by atoms with van der Waals surface area (Å²) < 4.78 is 57.3. The lowest BCUT2D eigenvalue weighted by molar-refractivity contribution is -0.142. The molecule has 3 heterocycles. The molecule has 33 heavy (non-hydrogen) atoms. The molecule has 1 amide bonds. The van der Waals surface area contributed by atoms with Crippen LogP contribution in [0, 0.1) is 0 Å². The molecule has 0 saturated heterocycles. The van der Waals surface area contributed by atoms with Crippen LogP contribution in [0.25, 0.3) is 17.0 Å². The number of fused-ring (bicyclic) bond motifs is 2. The van der Waals surface area contributed by atoms with Crippen molar-refractivity contribution in [3.05, 3.63) is 60.0 Å². The van der Waals surface area contributed by atoms with Gasteiger partial charge < -0.3 is 19.5 Å². The van der Waals surface area contributed by atoms with Gasteiger partial charge in [-0.05, 0) is 42.5 Å². The average molecular weight is 457 g/mol. The van der Waals surface area contributed by atoms with Crippen molar-refractivity contribution in [2.45, 2.75) is 6.18 Å². The number of aromatic nitrogens is 4. The molecule has 0 bridgehead atoms. The molecule has 0 spiro atoms. The molecule has 4 aromatic rings. The van der Waals surface area contributed by atoms with Gasteiger partial charge in [-0.2, -0.15) is 22.7 Å². The molecule has 1 aliphatic heterocycles. The van der Waals surface area contributed by atoms with E-state index >= 15 is 0 Å². The second-order valence-corrected chi connectivity index (χ2v) is 6.92. The first kappa shape index (κ1) is 20.5. The Morgan fingerprint density at radius 3 is 2.55 bits per heavy atom. The number of benzene rings is 2. The number of amides is 1. The quantitative estimate of drug-likeness (QED) is 0.498. The number of alkyl halides is 3. The first-order valence-electron chi connectivity index (χ1n) is 9.52. The molecular formula is C21H14F3N5O4. The van der Waals surface area contributed by atoms with Crippen molar-refractivity contribution in [1.82, 2.24) is 19.6 Å². The predicted octanol–water partition coefficient (Wildman–Crippen LogP) is 3.80. The van der Waals surface area contributed by atoms with E-state index in [4.69, 9.17) is 14.2 Å². The molecule has 2 aromatic carbocycles. The van der Waals surface area contributed by atoms with E-state index < -0.39 is 23.6 Å². The highest BCUT2D eigenvalue weighted by molar-refractivity contribution is 6.02. The molecule has 168 valence electrons. The fourth-order valence-electron chi connectivity index (χ4n) is 3.24. The number of anilines is 1. The molecule has 1 N–H and O–H groups in total. The maximum absolute atomic E-state index is 13.8. The lowest BCUT2D eigenvalue weighted by atomic mass is 10.1. The number of hydrogen-bond donors (Lipinski definition) is 1. The summed E-state index contributed by atoms with van der Waals surface area (Å²) >= 11 is 0. The van der Waals surface area contributed by atoms with Gasteiger partial charge in [0.2, 0.25) is 12.6 Å². The maximum Gasteiger partial charge on any atom is 0.433 e. The van der Waals surface area contributed by atoms with Crippen LogP contribution in [0.15, 0.2) is 48.5 Å². The summed E-state index contributed by atoms with van der Waals surface area (Å²) in [6.45, 7) is 0.0587. The summed E-state index contributed by atoms with van der Waals surface area (Å²) in [6, 6.07) is 11.9. The van der Waals surface area contributed by atoms with Crippen LogP contribution in [0.4, 0.5) is 18.9 Å². The SMILES string of the molecule is COc1ccc(-c2cc(C(F)(F)F)n3nc(C(=O)Nc4ccc5c(c4)OCO5)nc3n2)cc1. The van der Waals surface area contributed by atoms with Gasteiger partial charge in [0.15, 0.2) is 17.2 Å². The van der Waals surface area contributed by atoms with E-state index in [1.807, 2.05) is 0 Å². The van der Waals surface area contributed by atoms with Crippen molar-refractivity contribution in [2.24, 2.45) is 0 Å². The van der Waals surface area contributed by atoms with Crippen molar-refractivity contribution in [1.29, 1.82) is 0 Å². The number of nitrogens with zero attached hydrogens (tertiary/aromatic N) is 4. The molecule has 9 nitrogen and oxygen atoms in total. The van der Waals surface area contributed by atoms with Crippen molar-refractivity contribution in [3.8, 4) is 28.5 Å². The Balaban J connectivity index is 1.52. The van der Waals surface area contributed by atoms with Crippen LogP contribution in [0.5, 0.6) is 17.2 Å². The van der Waals surface area contributed by atoms with Crippen molar-refractivity contribution < 1.29 is 32.2 Å². The number of rotatable bonds is 4. The fraction of sp³-hybridized carbons (Fsp3) is 0.143. The van der Waals surface area contributed by atoms with E-state index in [2.05, 4.69) is 20.4 Å². The van der Waals surface area contributed by atoms with Crippen molar-refractivity contribution in [3.63, 3.8) is 0 Å². The second kappa shape index (κ2) is 7.65. The molecule has 0 radical (unpaired) electrons. The third kappa shape index (κ3) is 3.86. The highest BCUT2D eigenvalue weighted by atomic mass is 19.4. The minimum atomic E-state index is -4.76.